The molecule has 0 fully saturated rings. The number of hydrogen-bond donors (Lipinski definition) is 0. The molecule has 1 atom stereocenters. The van der Waals surface area contributed by atoms with Gasteiger partial charge in [0, 0.05) is 18.8 Å². The minimum Gasteiger partial charge on any atom is -0.335 e. The van der Waals surface area contributed by atoms with Crippen LogP contribution in [0.15, 0.2) is 30.5 Å². The highest BCUT2D eigenvalue weighted by molar-refractivity contribution is 6.05. The van der Waals surface area contributed by atoms with E-state index in [1.807, 2.05) is 27.7 Å². The Bertz CT molecular complexity index is 1060. The van der Waals surface area contributed by atoms with Gasteiger partial charge in [-0.05, 0) is 50.5 Å². The van der Waals surface area contributed by atoms with E-state index in [-0.39, 0.29) is 17.9 Å². The van der Waals surface area contributed by atoms with Crippen molar-refractivity contribution in [3.8, 4) is 0 Å². The van der Waals surface area contributed by atoms with Gasteiger partial charge in [0.15, 0.2) is 17.3 Å². The molecule has 2 aromatic heterocycles. The molecule has 0 aliphatic rings. The van der Waals surface area contributed by atoms with Gasteiger partial charge in [-0.1, -0.05) is 19.9 Å². The first-order chi connectivity index (χ1) is 13.6. The van der Waals surface area contributed by atoms with Gasteiger partial charge in [0.25, 0.3) is 5.91 Å². The third kappa shape index (κ3) is 3.86. The van der Waals surface area contributed by atoms with Crippen LogP contribution in [0.4, 0.5) is 8.78 Å². The SMILES string of the molecule is CC(C)c1cc(C(=O)N(C)C(C)c2ccc(F)c(F)c2)c2cnn(C(C)C)c2n1. The predicted molar refractivity (Wildman–Crippen MR) is 109 cm³/mol. The van der Waals surface area contributed by atoms with Gasteiger partial charge in [-0.25, -0.2) is 18.4 Å². The minimum absolute atomic E-state index is 0.101. The highest BCUT2D eigenvalue weighted by Crippen LogP contribution is 2.28. The number of hydrogen-bond acceptors (Lipinski definition) is 3. The summed E-state index contributed by atoms with van der Waals surface area (Å²) in [5, 5.41) is 5.09. The predicted octanol–water partition coefficient (Wildman–Crippen LogP) is 5.25. The number of nitrogens with zero attached hydrogens (tertiary/aromatic N) is 4. The highest BCUT2D eigenvalue weighted by Gasteiger charge is 2.24. The zero-order valence-electron chi connectivity index (χ0n) is 17.6. The second-order valence-electron chi connectivity index (χ2n) is 7.94. The van der Waals surface area contributed by atoms with E-state index >= 15 is 0 Å². The zero-order valence-corrected chi connectivity index (χ0v) is 17.6. The van der Waals surface area contributed by atoms with E-state index < -0.39 is 17.7 Å². The standard InChI is InChI=1S/C22H26F2N4O/c1-12(2)20-10-16(17-11-25-28(13(3)4)21(17)26-20)22(29)27(6)14(5)15-7-8-18(23)19(24)9-15/h7-14H,1-6H3. The molecule has 0 bridgehead atoms. The van der Waals surface area contributed by atoms with Crippen LogP contribution in [-0.4, -0.2) is 32.6 Å². The number of benzene rings is 1. The van der Waals surface area contributed by atoms with E-state index in [0.717, 1.165) is 17.8 Å². The number of amides is 1. The number of aromatic nitrogens is 3. The summed E-state index contributed by atoms with van der Waals surface area (Å²) >= 11 is 0. The summed E-state index contributed by atoms with van der Waals surface area (Å²) < 4.78 is 28.7. The van der Waals surface area contributed by atoms with E-state index in [9.17, 15) is 13.6 Å². The summed E-state index contributed by atoms with van der Waals surface area (Å²) in [6.07, 6.45) is 1.66. The van der Waals surface area contributed by atoms with Crippen molar-refractivity contribution in [3.63, 3.8) is 0 Å². The van der Waals surface area contributed by atoms with Crippen LogP contribution in [0, 0.1) is 11.6 Å². The number of rotatable bonds is 5. The molecule has 0 saturated carbocycles. The molecule has 5 nitrogen and oxygen atoms in total. The van der Waals surface area contributed by atoms with Crippen LogP contribution < -0.4 is 0 Å². The lowest BCUT2D eigenvalue weighted by Gasteiger charge is -2.26. The van der Waals surface area contributed by atoms with Crippen LogP contribution in [0.3, 0.4) is 0 Å². The van der Waals surface area contributed by atoms with Crippen molar-refractivity contribution >= 4 is 16.9 Å². The Morgan fingerprint density at radius 3 is 2.34 bits per heavy atom. The van der Waals surface area contributed by atoms with Crippen molar-refractivity contribution in [2.45, 2.75) is 52.6 Å². The second-order valence-corrected chi connectivity index (χ2v) is 7.94. The fourth-order valence-electron chi connectivity index (χ4n) is 3.25. The van der Waals surface area contributed by atoms with Crippen LogP contribution >= 0.6 is 0 Å². The Morgan fingerprint density at radius 1 is 1.07 bits per heavy atom. The van der Waals surface area contributed by atoms with Crippen molar-refractivity contribution < 1.29 is 13.6 Å². The maximum atomic E-state index is 13.7. The Hall–Kier alpha value is -2.83. The first-order valence-electron chi connectivity index (χ1n) is 9.72. The molecule has 0 N–H and O–H groups in total. The van der Waals surface area contributed by atoms with Gasteiger partial charge in [0.05, 0.1) is 23.2 Å². The molecule has 0 aliphatic carbocycles. The molecule has 1 aromatic carbocycles. The van der Waals surface area contributed by atoms with Crippen molar-refractivity contribution in [1.82, 2.24) is 19.7 Å². The molecular weight excluding hydrogens is 374 g/mol. The summed E-state index contributed by atoms with van der Waals surface area (Å²) in [6, 6.07) is 5.16. The first kappa shape index (κ1) is 20.9. The summed E-state index contributed by atoms with van der Waals surface area (Å²) in [5.74, 6) is -1.93. The number of carbonyl (C=O) groups is 1. The topological polar surface area (TPSA) is 51.0 Å². The van der Waals surface area contributed by atoms with Crippen LogP contribution in [0.1, 0.15) is 74.2 Å². The van der Waals surface area contributed by atoms with Crippen LogP contribution in [0.25, 0.3) is 11.0 Å². The number of halogens is 2. The third-order valence-corrected chi connectivity index (χ3v) is 5.22. The Morgan fingerprint density at radius 2 is 1.76 bits per heavy atom. The van der Waals surface area contributed by atoms with E-state index in [2.05, 4.69) is 5.10 Å². The maximum Gasteiger partial charge on any atom is 0.254 e. The summed E-state index contributed by atoms with van der Waals surface area (Å²) in [7, 11) is 1.66. The molecular formula is C22H26F2N4O. The number of fused-ring (bicyclic) bond motifs is 1. The average molecular weight is 400 g/mol. The monoisotopic (exact) mass is 400 g/mol. The molecule has 0 saturated heterocycles. The summed E-state index contributed by atoms with van der Waals surface area (Å²) in [4.78, 5) is 19.6. The summed E-state index contributed by atoms with van der Waals surface area (Å²) in [6.45, 7) is 9.84. The smallest absolute Gasteiger partial charge is 0.254 e. The molecule has 1 amide bonds. The Balaban J connectivity index is 2.06. The van der Waals surface area contributed by atoms with Gasteiger partial charge in [-0.2, -0.15) is 5.10 Å². The van der Waals surface area contributed by atoms with Crippen molar-refractivity contribution in [3.05, 3.63) is 58.9 Å². The molecule has 3 aromatic rings. The van der Waals surface area contributed by atoms with Crippen molar-refractivity contribution in [2.75, 3.05) is 7.05 Å². The maximum absolute atomic E-state index is 13.7. The lowest BCUT2D eigenvalue weighted by molar-refractivity contribution is 0.0744. The molecule has 7 heteroatoms. The largest absolute Gasteiger partial charge is 0.335 e. The zero-order chi connectivity index (χ0) is 21.5. The lowest BCUT2D eigenvalue weighted by Crippen LogP contribution is -2.30. The number of carbonyl (C=O) groups excluding carboxylic acids is 1. The molecule has 154 valence electrons. The molecule has 0 spiro atoms. The van der Waals surface area contributed by atoms with E-state index in [0.29, 0.717) is 22.2 Å². The number of pyridine rings is 1. The van der Waals surface area contributed by atoms with Gasteiger partial charge in [0.1, 0.15) is 0 Å². The van der Waals surface area contributed by atoms with Gasteiger partial charge in [0.2, 0.25) is 0 Å². The Kier molecular flexibility index (Phi) is 5.68. The molecule has 0 radical (unpaired) electrons. The molecule has 2 heterocycles. The van der Waals surface area contributed by atoms with E-state index in [4.69, 9.17) is 4.98 Å². The second kappa shape index (κ2) is 7.89. The van der Waals surface area contributed by atoms with Crippen LogP contribution in [0.2, 0.25) is 0 Å². The van der Waals surface area contributed by atoms with Crippen LogP contribution in [0.5, 0.6) is 0 Å². The van der Waals surface area contributed by atoms with Gasteiger partial charge >= 0.3 is 0 Å². The van der Waals surface area contributed by atoms with Gasteiger partial charge < -0.3 is 4.90 Å². The van der Waals surface area contributed by atoms with Crippen molar-refractivity contribution in [1.29, 1.82) is 0 Å². The molecule has 29 heavy (non-hydrogen) atoms. The minimum atomic E-state index is -0.929. The van der Waals surface area contributed by atoms with Crippen molar-refractivity contribution in [2.24, 2.45) is 0 Å². The highest BCUT2D eigenvalue weighted by atomic mass is 19.2. The average Bonchev–Trinajstić information content (AvgIpc) is 3.11. The van der Waals surface area contributed by atoms with Crippen LogP contribution in [-0.2, 0) is 0 Å². The molecule has 0 aliphatic heterocycles. The van der Waals surface area contributed by atoms with Gasteiger partial charge in [-0.3, -0.25) is 4.79 Å². The molecule has 3 rings (SSSR count). The summed E-state index contributed by atoms with van der Waals surface area (Å²) in [5.41, 5.74) is 2.50. The first-order valence-corrected chi connectivity index (χ1v) is 9.72. The third-order valence-electron chi connectivity index (χ3n) is 5.22. The van der Waals surface area contributed by atoms with E-state index in [1.165, 1.54) is 11.0 Å². The normalized spacial score (nSPS) is 12.8. The quantitative estimate of drug-likeness (QED) is 0.588. The van der Waals surface area contributed by atoms with E-state index in [1.54, 1.807) is 30.9 Å². The lowest BCUT2D eigenvalue weighted by atomic mass is 10.0. The Labute approximate surface area is 169 Å². The van der Waals surface area contributed by atoms with Gasteiger partial charge in [-0.15, -0.1) is 0 Å². The fraction of sp³-hybridized carbons (Fsp3) is 0.409. The fourth-order valence-corrected chi connectivity index (χ4v) is 3.25. The molecule has 1 unspecified atom stereocenters.